The molecule has 3 nitrogen and oxygen atoms in total. The van der Waals surface area contributed by atoms with Crippen LogP contribution in [0.15, 0.2) is 24.3 Å². The maximum atomic E-state index is 11.5. The Morgan fingerprint density at radius 3 is 2.75 bits per heavy atom. The number of nitrogen functional groups attached to an aromatic ring is 1. The molecule has 1 amide bonds. The Morgan fingerprint density at radius 2 is 2.12 bits per heavy atom. The highest BCUT2D eigenvalue weighted by atomic mass is 32.2. The number of hydrogen-bond donors (Lipinski definition) is 2. The van der Waals surface area contributed by atoms with Gasteiger partial charge in [0.25, 0.3) is 5.91 Å². The summed E-state index contributed by atoms with van der Waals surface area (Å²) in [6, 6.07) is 7.56. The maximum absolute atomic E-state index is 11.5. The highest BCUT2D eigenvalue weighted by Gasteiger charge is 2.09. The SMILES string of the molecule is CC(C)CSCc1ccccc1C(=O)NN. The van der Waals surface area contributed by atoms with Crippen LogP contribution in [0.3, 0.4) is 0 Å². The minimum Gasteiger partial charge on any atom is -0.290 e. The van der Waals surface area contributed by atoms with E-state index in [2.05, 4.69) is 19.3 Å². The van der Waals surface area contributed by atoms with Crippen LogP contribution in [-0.4, -0.2) is 11.7 Å². The van der Waals surface area contributed by atoms with Crippen molar-refractivity contribution in [3.05, 3.63) is 35.4 Å². The van der Waals surface area contributed by atoms with E-state index in [1.54, 1.807) is 6.07 Å². The quantitative estimate of drug-likeness (QED) is 0.469. The highest BCUT2D eigenvalue weighted by Crippen LogP contribution is 2.18. The number of rotatable bonds is 5. The van der Waals surface area contributed by atoms with Crippen LogP contribution in [0.5, 0.6) is 0 Å². The monoisotopic (exact) mass is 238 g/mol. The van der Waals surface area contributed by atoms with E-state index in [-0.39, 0.29) is 5.91 Å². The summed E-state index contributed by atoms with van der Waals surface area (Å²) in [7, 11) is 0. The average Bonchev–Trinajstić information content (AvgIpc) is 2.28. The summed E-state index contributed by atoms with van der Waals surface area (Å²) >= 11 is 1.84. The first-order valence-corrected chi connectivity index (χ1v) is 6.47. The molecular weight excluding hydrogens is 220 g/mol. The molecule has 1 aromatic carbocycles. The van der Waals surface area contributed by atoms with Crippen molar-refractivity contribution in [3.8, 4) is 0 Å². The molecular formula is C12H18N2OS. The highest BCUT2D eigenvalue weighted by molar-refractivity contribution is 7.98. The van der Waals surface area contributed by atoms with Gasteiger partial charge in [0.05, 0.1) is 0 Å². The normalized spacial score (nSPS) is 10.5. The molecule has 4 heteroatoms. The van der Waals surface area contributed by atoms with Crippen LogP contribution in [0.4, 0.5) is 0 Å². The molecule has 0 saturated heterocycles. The van der Waals surface area contributed by atoms with Crippen LogP contribution < -0.4 is 11.3 Å². The lowest BCUT2D eigenvalue weighted by molar-refractivity contribution is 0.0953. The molecule has 0 saturated carbocycles. The van der Waals surface area contributed by atoms with Gasteiger partial charge < -0.3 is 0 Å². The molecule has 0 spiro atoms. The number of benzene rings is 1. The van der Waals surface area contributed by atoms with Crippen LogP contribution in [0.25, 0.3) is 0 Å². The molecule has 0 unspecified atom stereocenters. The molecule has 0 heterocycles. The third-order valence-corrected chi connectivity index (χ3v) is 3.52. The predicted molar refractivity (Wildman–Crippen MR) is 69.1 cm³/mol. The Labute approximate surface area is 101 Å². The molecule has 0 fully saturated rings. The Bertz CT molecular complexity index is 353. The predicted octanol–water partition coefficient (Wildman–Crippen LogP) is 2.18. The summed E-state index contributed by atoms with van der Waals surface area (Å²) in [4.78, 5) is 11.5. The smallest absolute Gasteiger partial charge is 0.265 e. The largest absolute Gasteiger partial charge is 0.290 e. The first-order valence-electron chi connectivity index (χ1n) is 5.31. The first-order chi connectivity index (χ1) is 7.65. The lowest BCUT2D eigenvalue weighted by Gasteiger charge is -2.08. The summed E-state index contributed by atoms with van der Waals surface area (Å²) < 4.78 is 0. The van der Waals surface area contributed by atoms with Crippen molar-refractivity contribution in [2.45, 2.75) is 19.6 Å². The molecule has 1 rings (SSSR count). The Morgan fingerprint density at radius 1 is 1.44 bits per heavy atom. The van der Waals surface area contributed by atoms with Gasteiger partial charge in [0, 0.05) is 11.3 Å². The first kappa shape index (κ1) is 13.1. The Balaban J connectivity index is 2.67. The zero-order chi connectivity index (χ0) is 12.0. The van der Waals surface area contributed by atoms with Gasteiger partial charge in [-0.25, -0.2) is 5.84 Å². The van der Waals surface area contributed by atoms with Gasteiger partial charge in [-0.2, -0.15) is 11.8 Å². The van der Waals surface area contributed by atoms with Crippen LogP contribution in [0.1, 0.15) is 29.8 Å². The summed E-state index contributed by atoms with van der Waals surface area (Å²) in [5, 5.41) is 0. The van der Waals surface area contributed by atoms with Crippen molar-refractivity contribution in [2.24, 2.45) is 11.8 Å². The number of thioether (sulfide) groups is 1. The Hall–Kier alpha value is -1.00. The van der Waals surface area contributed by atoms with Gasteiger partial charge in [0.1, 0.15) is 0 Å². The molecule has 3 N–H and O–H groups in total. The van der Waals surface area contributed by atoms with Crippen LogP contribution in [-0.2, 0) is 5.75 Å². The Kier molecular flexibility index (Phi) is 5.35. The van der Waals surface area contributed by atoms with E-state index in [1.165, 1.54) is 0 Å². The van der Waals surface area contributed by atoms with E-state index in [9.17, 15) is 4.79 Å². The van der Waals surface area contributed by atoms with Gasteiger partial charge in [0.15, 0.2) is 0 Å². The van der Waals surface area contributed by atoms with Crippen molar-refractivity contribution < 1.29 is 4.79 Å². The van der Waals surface area contributed by atoms with Gasteiger partial charge in [-0.05, 0) is 23.3 Å². The molecule has 0 aliphatic rings. The van der Waals surface area contributed by atoms with Crippen molar-refractivity contribution in [3.63, 3.8) is 0 Å². The summed E-state index contributed by atoms with van der Waals surface area (Å²) in [6.07, 6.45) is 0. The van der Waals surface area contributed by atoms with E-state index >= 15 is 0 Å². The number of amides is 1. The number of hydrogen-bond acceptors (Lipinski definition) is 3. The second-order valence-electron chi connectivity index (χ2n) is 4.04. The number of carbonyl (C=O) groups is 1. The van der Waals surface area contributed by atoms with Crippen LogP contribution >= 0.6 is 11.8 Å². The van der Waals surface area contributed by atoms with Crippen LogP contribution in [0, 0.1) is 5.92 Å². The van der Waals surface area contributed by atoms with Crippen LogP contribution in [0.2, 0.25) is 0 Å². The van der Waals surface area contributed by atoms with Gasteiger partial charge in [-0.1, -0.05) is 32.0 Å². The number of nitrogens with two attached hydrogens (primary N) is 1. The zero-order valence-electron chi connectivity index (χ0n) is 9.69. The minimum absolute atomic E-state index is 0.222. The summed E-state index contributed by atoms with van der Waals surface area (Å²) in [5.74, 6) is 7.53. The number of nitrogens with one attached hydrogen (secondary N) is 1. The second kappa shape index (κ2) is 6.55. The van der Waals surface area contributed by atoms with Gasteiger partial charge >= 0.3 is 0 Å². The standard InChI is InChI=1S/C12H18N2OS/c1-9(2)7-16-8-10-5-3-4-6-11(10)12(15)14-13/h3-6,9H,7-8,13H2,1-2H3,(H,14,15). The van der Waals surface area contributed by atoms with E-state index in [0.29, 0.717) is 11.5 Å². The molecule has 0 aliphatic carbocycles. The molecule has 0 bridgehead atoms. The van der Waals surface area contributed by atoms with Gasteiger partial charge in [-0.15, -0.1) is 0 Å². The summed E-state index contributed by atoms with van der Waals surface area (Å²) in [6.45, 7) is 4.37. The zero-order valence-corrected chi connectivity index (χ0v) is 10.5. The van der Waals surface area contributed by atoms with E-state index in [1.807, 2.05) is 30.0 Å². The van der Waals surface area contributed by atoms with Gasteiger partial charge in [-0.3, -0.25) is 10.2 Å². The molecule has 0 aliphatic heterocycles. The second-order valence-corrected chi connectivity index (χ2v) is 5.07. The molecule has 0 atom stereocenters. The summed E-state index contributed by atoms with van der Waals surface area (Å²) in [5.41, 5.74) is 3.88. The fraction of sp³-hybridized carbons (Fsp3) is 0.417. The van der Waals surface area contributed by atoms with Gasteiger partial charge in [0.2, 0.25) is 0 Å². The number of carbonyl (C=O) groups excluding carboxylic acids is 1. The van der Waals surface area contributed by atoms with Crippen molar-refractivity contribution in [1.29, 1.82) is 0 Å². The maximum Gasteiger partial charge on any atom is 0.265 e. The van der Waals surface area contributed by atoms with E-state index in [0.717, 1.165) is 17.1 Å². The molecule has 0 aromatic heterocycles. The number of hydrazine groups is 1. The lowest BCUT2D eigenvalue weighted by atomic mass is 10.1. The molecule has 16 heavy (non-hydrogen) atoms. The molecule has 1 aromatic rings. The average molecular weight is 238 g/mol. The molecule has 0 radical (unpaired) electrons. The van der Waals surface area contributed by atoms with Crippen molar-refractivity contribution in [2.75, 3.05) is 5.75 Å². The van der Waals surface area contributed by atoms with Crippen molar-refractivity contribution >= 4 is 17.7 Å². The van der Waals surface area contributed by atoms with E-state index < -0.39 is 0 Å². The fourth-order valence-corrected chi connectivity index (χ4v) is 2.41. The minimum atomic E-state index is -0.222. The van der Waals surface area contributed by atoms with E-state index in [4.69, 9.17) is 5.84 Å². The lowest BCUT2D eigenvalue weighted by Crippen LogP contribution is -2.30. The third kappa shape index (κ3) is 3.87. The topological polar surface area (TPSA) is 55.1 Å². The molecule has 88 valence electrons. The fourth-order valence-electron chi connectivity index (χ4n) is 1.35. The third-order valence-electron chi connectivity index (χ3n) is 2.10. The van der Waals surface area contributed by atoms with Crippen molar-refractivity contribution in [1.82, 2.24) is 5.43 Å².